The lowest BCUT2D eigenvalue weighted by Crippen LogP contribution is -2.26. The molecule has 34 heavy (non-hydrogen) atoms. The van der Waals surface area contributed by atoms with Crippen LogP contribution in [-0.2, 0) is 25.9 Å². The molecular weight excluding hydrogens is 446 g/mol. The molecule has 0 saturated carbocycles. The fourth-order valence-corrected chi connectivity index (χ4v) is 6.12. The molecule has 0 bridgehead atoms. The number of aromatic nitrogens is 4. The molecule has 170 valence electrons. The van der Waals surface area contributed by atoms with Crippen molar-refractivity contribution in [2.24, 2.45) is 0 Å². The number of hydrogen-bond donors (Lipinski definition) is 1. The molecule has 8 heteroatoms. The van der Waals surface area contributed by atoms with Crippen LogP contribution < -0.4 is 10.9 Å². The Kier molecular flexibility index (Phi) is 5.22. The van der Waals surface area contributed by atoms with Crippen molar-refractivity contribution < 1.29 is 4.79 Å². The van der Waals surface area contributed by atoms with E-state index in [9.17, 15) is 9.59 Å². The van der Waals surface area contributed by atoms with Crippen LogP contribution in [-0.4, -0.2) is 25.1 Å². The molecular formula is C26H23N5O2S. The van der Waals surface area contributed by atoms with Crippen LogP contribution in [0.5, 0.6) is 0 Å². The largest absolute Gasteiger partial charge is 0.345 e. The minimum atomic E-state index is -0.170. The maximum Gasteiger partial charge on any atom is 0.264 e. The maximum atomic E-state index is 13.8. The number of carbonyl (C=O) groups excluding carboxylic acids is 1. The molecule has 3 aromatic heterocycles. The lowest BCUT2D eigenvalue weighted by molar-refractivity contribution is 0.0950. The molecule has 0 spiro atoms. The molecule has 2 aromatic carbocycles. The number of aryl methyl sites for hydroxylation is 2. The first-order valence-electron chi connectivity index (χ1n) is 11.5. The standard InChI is InChI=1S/C26H23N5O2S/c32-23(18-11-5-2-6-12-18)27-15-21-28-29-26-30(16-17-9-3-1-4-10-17)24(33)22-19-13-7-8-14-20(19)34-25(22)31(21)26/h1-6,9-12H,7-8,13-16H2,(H,27,32). The maximum absolute atomic E-state index is 13.8. The van der Waals surface area contributed by atoms with Gasteiger partial charge in [0, 0.05) is 10.4 Å². The van der Waals surface area contributed by atoms with E-state index in [4.69, 9.17) is 0 Å². The zero-order valence-electron chi connectivity index (χ0n) is 18.5. The summed E-state index contributed by atoms with van der Waals surface area (Å²) in [6.45, 7) is 0.633. The van der Waals surface area contributed by atoms with Gasteiger partial charge in [0.15, 0.2) is 5.82 Å². The smallest absolute Gasteiger partial charge is 0.264 e. The fourth-order valence-electron chi connectivity index (χ4n) is 4.72. The Labute approximate surface area is 199 Å². The van der Waals surface area contributed by atoms with Gasteiger partial charge in [-0.15, -0.1) is 21.5 Å². The lowest BCUT2D eigenvalue weighted by Gasteiger charge is -2.12. The Balaban J connectivity index is 1.49. The number of fused-ring (bicyclic) bond motifs is 5. The summed E-state index contributed by atoms with van der Waals surface area (Å²) < 4.78 is 3.68. The molecule has 1 amide bonds. The molecule has 1 aliphatic rings. The van der Waals surface area contributed by atoms with Crippen LogP contribution in [0.25, 0.3) is 16.0 Å². The predicted octanol–water partition coefficient (Wildman–Crippen LogP) is 3.96. The molecule has 0 saturated heterocycles. The van der Waals surface area contributed by atoms with Gasteiger partial charge in [-0.05, 0) is 48.9 Å². The highest BCUT2D eigenvalue weighted by Crippen LogP contribution is 2.35. The number of nitrogens with zero attached hydrogens (tertiary/aromatic N) is 4. The SMILES string of the molecule is O=C(NCc1nnc2n(Cc3ccccc3)c(=O)c3c4c(sc3n12)CCCC4)c1ccccc1. The molecule has 0 fully saturated rings. The fraction of sp³-hybridized carbons (Fsp3) is 0.231. The highest BCUT2D eigenvalue weighted by atomic mass is 32.1. The molecule has 0 atom stereocenters. The molecule has 0 radical (unpaired) electrons. The first kappa shape index (κ1) is 20.8. The zero-order valence-corrected chi connectivity index (χ0v) is 19.3. The van der Waals surface area contributed by atoms with Crippen LogP contribution in [0, 0.1) is 0 Å². The van der Waals surface area contributed by atoms with Gasteiger partial charge in [0.05, 0.1) is 18.5 Å². The van der Waals surface area contributed by atoms with Crippen LogP contribution in [0.2, 0.25) is 0 Å². The third kappa shape index (κ3) is 3.51. The van der Waals surface area contributed by atoms with Gasteiger partial charge in [0.1, 0.15) is 4.83 Å². The minimum Gasteiger partial charge on any atom is -0.345 e. The van der Waals surface area contributed by atoms with E-state index in [1.807, 2.05) is 52.9 Å². The highest BCUT2D eigenvalue weighted by Gasteiger charge is 2.25. The van der Waals surface area contributed by atoms with Gasteiger partial charge in [-0.2, -0.15) is 0 Å². The van der Waals surface area contributed by atoms with Crippen LogP contribution in [0.1, 0.15) is 45.0 Å². The van der Waals surface area contributed by atoms with E-state index in [0.29, 0.717) is 23.7 Å². The molecule has 1 aliphatic carbocycles. The van der Waals surface area contributed by atoms with Crippen molar-refractivity contribution in [3.05, 3.63) is 98.4 Å². The van der Waals surface area contributed by atoms with Crippen molar-refractivity contribution >= 4 is 33.2 Å². The second-order valence-corrected chi connectivity index (χ2v) is 9.65. The Morgan fingerprint density at radius 2 is 1.71 bits per heavy atom. The molecule has 1 N–H and O–H groups in total. The molecule has 6 rings (SSSR count). The highest BCUT2D eigenvalue weighted by molar-refractivity contribution is 7.18. The van der Waals surface area contributed by atoms with Gasteiger partial charge in [-0.1, -0.05) is 48.5 Å². The van der Waals surface area contributed by atoms with Crippen molar-refractivity contribution in [3.8, 4) is 0 Å². The Bertz CT molecular complexity index is 1570. The molecule has 0 aliphatic heterocycles. The van der Waals surface area contributed by atoms with E-state index in [0.717, 1.165) is 41.5 Å². The summed E-state index contributed by atoms with van der Waals surface area (Å²) in [6, 6.07) is 19.0. The zero-order chi connectivity index (χ0) is 23.1. The monoisotopic (exact) mass is 469 g/mol. The van der Waals surface area contributed by atoms with Crippen molar-refractivity contribution in [2.45, 2.75) is 38.8 Å². The number of nitrogens with one attached hydrogen (secondary N) is 1. The van der Waals surface area contributed by atoms with Crippen molar-refractivity contribution in [2.75, 3.05) is 0 Å². The van der Waals surface area contributed by atoms with Crippen LogP contribution in [0.3, 0.4) is 0 Å². The van der Waals surface area contributed by atoms with Gasteiger partial charge in [-0.3, -0.25) is 18.6 Å². The van der Waals surface area contributed by atoms with E-state index in [-0.39, 0.29) is 18.0 Å². The second-order valence-electron chi connectivity index (χ2n) is 8.57. The lowest BCUT2D eigenvalue weighted by atomic mass is 9.97. The van der Waals surface area contributed by atoms with Gasteiger partial charge in [0.25, 0.3) is 11.5 Å². The number of benzene rings is 2. The third-order valence-corrected chi connectivity index (χ3v) is 7.67. The van der Waals surface area contributed by atoms with Gasteiger partial charge in [-0.25, -0.2) is 0 Å². The van der Waals surface area contributed by atoms with E-state index in [2.05, 4.69) is 15.5 Å². The summed E-state index contributed by atoms with van der Waals surface area (Å²) in [5, 5.41) is 12.6. The predicted molar refractivity (Wildman–Crippen MR) is 132 cm³/mol. The third-order valence-electron chi connectivity index (χ3n) is 6.40. The minimum absolute atomic E-state index is 0.0157. The average Bonchev–Trinajstić information content (AvgIpc) is 3.48. The first-order valence-corrected chi connectivity index (χ1v) is 12.3. The first-order chi connectivity index (χ1) is 16.7. The van der Waals surface area contributed by atoms with E-state index in [1.54, 1.807) is 28.0 Å². The normalized spacial score (nSPS) is 13.3. The average molecular weight is 470 g/mol. The van der Waals surface area contributed by atoms with E-state index in [1.165, 1.54) is 10.4 Å². The molecule has 7 nitrogen and oxygen atoms in total. The summed E-state index contributed by atoms with van der Waals surface area (Å²) in [4.78, 5) is 28.6. The van der Waals surface area contributed by atoms with Crippen molar-refractivity contribution in [1.29, 1.82) is 0 Å². The Morgan fingerprint density at radius 1 is 0.971 bits per heavy atom. The topological polar surface area (TPSA) is 81.3 Å². The number of thiophene rings is 1. The summed E-state index contributed by atoms with van der Waals surface area (Å²) in [5.74, 6) is 0.949. The molecule has 0 unspecified atom stereocenters. The van der Waals surface area contributed by atoms with E-state index < -0.39 is 0 Å². The summed E-state index contributed by atoms with van der Waals surface area (Å²) >= 11 is 1.66. The van der Waals surface area contributed by atoms with Crippen LogP contribution >= 0.6 is 11.3 Å². The number of amides is 1. The molecule has 3 heterocycles. The summed E-state index contributed by atoms with van der Waals surface area (Å²) in [6.07, 6.45) is 4.15. The van der Waals surface area contributed by atoms with E-state index >= 15 is 0 Å². The number of rotatable bonds is 5. The number of hydrogen-bond acceptors (Lipinski definition) is 5. The second kappa shape index (κ2) is 8.53. The molecule has 5 aromatic rings. The Morgan fingerprint density at radius 3 is 2.50 bits per heavy atom. The summed E-state index contributed by atoms with van der Waals surface area (Å²) in [5.41, 5.74) is 2.77. The number of carbonyl (C=O) groups is 1. The Hall–Kier alpha value is -3.78. The van der Waals surface area contributed by atoms with Gasteiger partial charge in [0.2, 0.25) is 5.78 Å². The van der Waals surface area contributed by atoms with Crippen molar-refractivity contribution in [3.63, 3.8) is 0 Å². The van der Waals surface area contributed by atoms with Crippen LogP contribution in [0.15, 0.2) is 65.5 Å². The van der Waals surface area contributed by atoms with Gasteiger partial charge < -0.3 is 5.32 Å². The van der Waals surface area contributed by atoms with Crippen molar-refractivity contribution in [1.82, 2.24) is 24.5 Å². The van der Waals surface area contributed by atoms with Crippen LogP contribution in [0.4, 0.5) is 0 Å². The quantitative estimate of drug-likeness (QED) is 0.422. The summed E-state index contributed by atoms with van der Waals surface area (Å²) in [7, 11) is 0. The van der Waals surface area contributed by atoms with Gasteiger partial charge >= 0.3 is 0 Å².